The Bertz CT molecular complexity index is 491. The minimum atomic E-state index is -0.0551. The van der Waals surface area contributed by atoms with E-state index >= 15 is 0 Å². The fourth-order valence-electron chi connectivity index (χ4n) is 1.99. The quantitative estimate of drug-likeness (QED) is 0.612. The Morgan fingerprint density at radius 1 is 1.41 bits per heavy atom. The number of aryl methyl sites for hydroxylation is 2. The molecule has 3 N–H and O–H groups in total. The molecule has 2 rings (SSSR count). The molecule has 0 radical (unpaired) electrons. The summed E-state index contributed by atoms with van der Waals surface area (Å²) in [5.41, 5.74) is 6.14. The molecule has 5 heteroatoms. The molecule has 0 spiro atoms. The molecule has 0 aliphatic rings. The van der Waals surface area contributed by atoms with Crippen LogP contribution in [0.1, 0.15) is 29.8 Å². The second kappa shape index (κ2) is 5.07. The van der Waals surface area contributed by atoms with E-state index in [0.717, 1.165) is 23.4 Å². The number of pyridine rings is 1. The van der Waals surface area contributed by atoms with Crippen LogP contribution in [0.3, 0.4) is 0 Å². The Hall–Kier alpha value is -1.72. The summed E-state index contributed by atoms with van der Waals surface area (Å²) in [6, 6.07) is 3.90. The normalized spacial score (nSPS) is 12.6. The summed E-state index contributed by atoms with van der Waals surface area (Å²) in [7, 11) is 0. The van der Waals surface area contributed by atoms with Crippen LogP contribution in [0.5, 0.6) is 0 Å². The summed E-state index contributed by atoms with van der Waals surface area (Å²) in [4.78, 5) is 4.09. The smallest absolute Gasteiger partial charge is 0.0881 e. The third-order valence-electron chi connectivity index (χ3n) is 2.89. The van der Waals surface area contributed by atoms with Gasteiger partial charge in [-0.15, -0.1) is 0 Å². The zero-order valence-electron chi connectivity index (χ0n) is 10.1. The number of hydrogen-bond acceptors (Lipinski definition) is 4. The summed E-state index contributed by atoms with van der Waals surface area (Å²) in [5.74, 6) is 5.68. The second-order valence-electron chi connectivity index (χ2n) is 3.90. The first-order chi connectivity index (χ1) is 8.27. The molecule has 2 aromatic rings. The van der Waals surface area contributed by atoms with Crippen LogP contribution in [0.4, 0.5) is 0 Å². The molecule has 5 nitrogen and oxygen atoms in total. The van der Waals surface area contributed by atoms with Gasteiger partial charge in [0.2, 0.25) is 0 Å². The topological polar surface area (TPSA) is 68.8 Å². The monoisotopic (exact) mass is 231 g/mol. The largest absolute Gasteiger partial charge is 0.271 e. The van der Waals surface area contributed by atoms with Crippen LogP contribution in [0.25, 0.3) is 0 Å². The van der Waals surface area contributed by atoms with Crippen molar-refractivity contribution in [2.45, 2.75) is 26.4 Å². The van der Waals surface area contributed by atoms with Crippen LogP contribution in [-0.2, 0) is 6.54 Å². The van der Waals surface area contributed by atoms with Crippen molar-refractivity contribution in [2.24, 2.45) is 5.84 Å². The minimum absolute atomic E-state index is 0.0551. The highest BCUT2D eigenvalue weighted by atomic mass is 15.3. The first kappa shape index (κ1) is 11.8. The van der Waals surface area contributed by atoms with E-state index in [1.165, 1.54) is 0 Å². The van der Waals surface area contributed by atoms with Gasteiger partial charge >= 0.3 is 0 Å². The number of hydrazine groups is 1. The predicted molar refractivity (Wildman–Crippen MR) is 66.0 cm³/mol. The van der Waals surface area contributed by atoms with E-state index in [9.17, 15) is 0 Å². The molecule has 90 valence electrons. The fraction of sp³-hybridized carbons (Fsp3) is 0.333. The van der Waals surface area contributed by atoms with Gasteiger partial charge in [0.15, 0.2) is 0 Å². The van der Waals surface area contributed by atoms with Crippen molar-refractivity contribution in [2.75, 3.05) is 0 Å². The van der Waals surface area contributed by atoms with Gasteiger partial charge < -0.3 is 0 Å². The second-order valence-corrected chi connectivity index (χ2v) is 3.90. The fourth-order valence-corrected chi connectivity index (χ4v) is 1.99. The van der Waals surface area contributed by atoms with Crippen LogP contribution in [-0.4, -0.2) is 14.8 Å². The van der Waals surface area contributed by atoms with Crippen molar-refractivity contribution < 1.29 is 0 Å². The zero-order valence-corrected chi connectivity index (χ0v) is 10.1. The Kier molecular flexibility index (Phi) is 3.51. The first-order valence-electron chi connectivity index (χ1n) is 5.66. The van der Waals surface area contributed by atoms with Gasteiger partial charge in [-0.05, 0) is 37.1 Å². The molecule has 0 aromatic carbocycles. The molecule has 2 heterocycles. The summed E-state index contributed by atoms with van der Waals surface area (Å²) in [6.45, 7) is 4.91. The zero-order chi connectivity index (χ0) is 12.3. The van der Waals surface area contributed by atoms with E-state index in [-0.39, 0.29) is 6.04 Å². The molecule has 0 aliphatic heterocycles. The molecule has 0 amide bonds. The number of nitrogens with one attached hydrogen (secondary N) is 1. The molecule has 0 saturated heterocycles. The standard InChI is InChI=1S/C12H17N5/c1-3-17-11(5-7-15-17)12(16-13)10-4-6-14-8-9(10)2/h4-8,12,16H,3,13H2,1-2H3. The highest BCUT2D eigenvalue weighted by Gasteiger charge is 2.17. The van der Waals surface area contributed by atoms with E-state index < -0.39 is 0 Å². The van der Waals surface area contributed by atoms with Gasteiger partial charge in [-0.3, -0.25) is 15.5 Å². The third kappa shape index (κ3) is 2.20. The van der Waals surface area contributed by atoms with E-state index in [1.807, 2.05) is 29.9 Å². The molecule has 1 atom stereocenters. The summed E-state index contributed by atoms with van der Waals surface area (Å²) in [6.07, 6.45) is 5.41. The van der Waals surface area contributed by atoms with Gasteiger partial charge in [-0.2, -0.15) is 5.10 Å². The lowest BCUT2D eigenvalue weighted by atomic mass is 10.0. The molecular formula is C12H17N5. The summed E-state index contributed by atoms with van der Waals surface area (Å²) >= 11 is 0. The average molecular weight is 231 g/mol. The van der Waals surface area contributed by atoms with Crippen molar-refractivity contribution >= 4 is 0 Å². The molecule has 2 aromatic heterocycles. The van der Waals surface area contributed by atoms with E-state index in [1.54, 1.807) is 12.4 Å². The van der Waals surface area contributed by atoms with Gasteiger partial charge in [0.1, 0.15) is 0 Å². The lowest BCUT2D eigenvalue weighted by Crippen LogP contribution is -2.31. The molecule has 1 unspecified atom stereocenters. The SMILES string of the molecule is CCn1nccc1C(NN)c1ccncc1C. The highest BCUT2D eigenvalue weighted by Crippen LogP contribution is 2.23. The van der Waals surface area contributed by atoms with E-state index in [4.69, 9.17) is 5.84 Å². The maximum absolute atomic E-state index is 5.68. The lowest BCUT2D eigenvalue weighted by molar-refractivity contribution is 0.541. The van der Waals surface area contributed by atoms with Gasteiger partial charge in [0.25, 0.3) is 0 Å². The Morgan fingerprint density at radius 3 is 2.88 bits per heavy atom. The minimum Gasteiger partial charge on any atom is -0.271 e. The van der Waals surface area contributed by atoms with Crippen LogP contribution in [0.2, 0.25) is 0 Å². The number of aromatic nitrogens is 3. The Morgan fingerprint density at radius 2 is 2.24 bits per heavy atom. The number of nitrogens with zero attached hydrogens (tertiary/aromatic N) is 3. The van der Waals surface area contributed by atoms with Crippen molar-refractivity contribution in [1.82, 2.24) is 20.2 Å². The molecule has 0 saturated carbocycles. The van der Waals surface area contributed by atoms with Crippen molar-refractivity contribution in [3.63, 3.8) is 0 Å². The maximum atomic E-state index is 5.68. The number of hydrogen-bond donors (Lipinski definition) is 2. The summed E-state index contributed by atoms with van der Waals surface area (Å²) < 4.78 is 1.93. The Labute approximate surface area is 101 Å². The first-order valence-corrected chi connectivity index (χ1v) is 5.66. The van der Waals surface area contributed by atoms with Crippen molar-refractivity contribution in [3.8, 4) is 0 Å². The predicted octanol–water partition coefficient (Wildman–Crippen LogP) is 1.16. The third-order valence-corrected chi connectivity index (χ3v) is 2.89. The van der Waals surface area contributed by atoms with Crippen LogP contribution in [0.15, 0.2) is 30.7 Å². The van der Waals surface area contributed by atoms with Crippen LogP contribution in [0, 0.1) is 6.92 Å². The van der Waals surface area contributed by atoms with E-state index in [2.05, 4.69) is 22.4 Å². The molecule has 0 bridgehead atoms. The number of nitrogens with two attached hydrogens (primary N) is 1. The molecule has 17 heavy (non-hydrogen) atoms. The lowest BCUT2D eigenvalue weighted by Gasteiger charge is -2.19. The molecular weight excluding hydrogens is 214 g/mol. The van der Waals surface area contributed by atoms with Crippen LogP contribution < -0.4 is 11.3 Å². The van der Waals surface area contributed by atoms with Gasteiger partial charge in [0, 0.05) is 25.1 Å². The average Bonchev–Trinajstić information content (AvgIpc) is 2.81. The van der Waals surface area contributed by atoms with E-state index in [0.29, 0.717) is 0 Å². The van der Waals surface area contributed by atoms with Gasteiger partial charge in [0.05, 0.1) is 11.7 Å². The molecule has 0 aliphatic carbocycles. The number of rotatable bonds is 4. The highest BCUT2D eigenvalue weighted by molar-refractivity contribution is 5.31. The molecule has 0 fully saturated rings. The maximum Gasteiger partial charge on any atom is 0.0881 e. The van der Waals surface area contributed by atoms with Gasteiger partial charge in [-0.25, -0.2) is 5.43 Å². The van der Waals surface area contributed by atoms with Crippen LogP contribution >= 0.6 is 0 Å². The van der Waals surface area contributed by atoms with Crippen molar-refractivity contribution in [1.29, 1.82) is 0 Å². The summed E-state index contributed by atoms with van der Waals surface area (Å²) in [5, 5.41) is 4.26. The van der Waals surface area contributed by atoms with Crippen molar-refractivity contribution in [3.05, 3.63) is 47.5 Å². The Balaban J connectivity index is 2.44. The van der Waals surface area contributed by atoms with Gasteiger partial charge in [-0.1, -0.05) is 0 Å².